The maximum Gasteiger partial charge on any atom is 0.256 e. The molecule has 1 amide bonds. The van der Waals surface area contributed by atoms with Gasteiger partial charge in [0, 0.05) is 19.1 Å². The molecule has 1 aromatic carbocycles. The van der Waals surface area contributed by atoms with Crippen LogP contribution in [0.15, 0.2) is 24.3 Å². The highest BCUT2D eigenvalue weighted by Crippen LogP contribution is 2.31. The van der Waals surface area contributed by atoms with E-state index < -0.39 is 0 Å². The summed E-state index contributed by atoms with van der Waals surface area (Å²) in [5.74, 6) is 0.786. The van der Waals surface area contributed by atoms with E-state index in [1.807, 2.05) is 23.1 Å². The molecule has 21 heavy (non-hydrogen) atoms. The fourth-order valence-corrected chi connectivity index (χ4v) is 4.01. The minimum absolute atomic E-state index is 0.160. The first-order valence-electron chi connectivity index (χ1n) is 8.04. The predicted molar refractivity (Wildman–Crippen MR) is 79.9 cm³/mol. The van der Waals surface area contributed by atoms with Crippen molar-refractivity contribution in [2.75, 3.05) is 26.2 Å². The molecule has 0 aliphatic carbocycles. The molecule has 3 heterocycles. The van der Waals surface area contributed by atoms with E-state index in [0.717, 1.165) is 38.0 Å². The molecule has 3 unspecified atom stereocenters. The summed E-state index contributed by atoms with van der Waals surface area (Å²) in [7, 11) is 0. The van der Waals surface area contributed by atoms with Crippen LogP contribution in [0.3, 0.4) is 0 Å². The summed E-state index contributed by atoms with van der Waals surface area (Å²) in [6.45, 7) is 3.49. The lowest BCUT2D eigenvalue weighted by molar-refractivity contribution is -0.147. The van der Waals surface area contributed by atoms with E-state index in [2.05, 4.69) is 11.4 Å². The largest absolute Gasteiger partial charge is 0.363 e. The Bertz CT molecular complexity index is 545. The predicted octanol–water partition coefficient (Wildman–Crippen LogP) is 1.51. The molecule has 0 spiro atoms. The van der Waals surface area contributed by atoms with Crippen molar-refractivity contribution < 1.29 is 9.53 Å². The Balaban J connectivity index is 1.53. The van der Waals surface area contributed by atoms with Gasteiger partial charge in [-0.05, 0) is 42.9 Å². The minimum atomic E-state index is -0.388. The summed E-state index contributed by atoms with van der Waals surface area (Å²) in [5.41, 5.74) is 2.33. The molecule has 0 bridgehead atoms. The highest BCUT2D eigenvalue weighted by Gasteiger charge is 2.38. The van der Waals surface area contributed by atoms with Gasteiger partial charge >= 0.3 is 0 Å². The van der Waals surface area contributed by atoms with Gasteiger partial charge in [-0.2, -0.15) is 0 Å². The number of hydrogen-bond acceptors (Lipinski definition) is 3. The topological polar surface area (TPSA) is 41.6 Å². The van der Waals surface area contributed by atoms with E-state index in [9.17, 15) is 4.79 Å². The second-order valence-electron chi connectivity index (χ2n) is 6.38. The van der Waals surface area contributed by atoms with Crippen LogP contribution in [0.2, 0.25) is 0 Å². The number of rotatable bonds is 1. The van der Waals surface area contributed by atoms with Crippen molar-refractivity contribution in [1.29, 1.82) is 0 Å². The number of likely N-dealkylation sites (tertiary alicyclic amines) is 1. The Morgan fingerprint density at radius 3 is 3.14 bits per heavy atom. The third-order valence-corrected chi connectivity index (χ3v) is 5.19. The normalized spacial score (nSPS) is 31.6. The van der Waals surface area contributed by atoms with Gasteiger partial charge in [-0.15, -0.1) is 0 Å². The molecule has 112 valence electrons. The second-order valence-corrected chi connectivity index (χ2v) is 6.38. The van der Waals surface area contributed by atoms with Crippen LogP contribution < -0.4 is 5.32 Å². The van der Waals surface area contributed by atoms with Crippen LogP contribution in [-0.2, 0) is 16.0 Å². The van der Waals surface area contributed by atoms with E-state index in [4.69, 9.17) is 4.74 Å². The molecule has 4 rings (SSSR count). The lowest BCUT2D eigenvalue weighted by Crippen LogP contribution is -2.49. The lowest BCUT2D eigenvalue weighted by Gasteiger charge is -2.37. The Labute approximate surface area is 125 Å². The zero-order valence-corrected chi connectivity index (χ0v) is 12.3. The number of amides is 1. The first kappa shape index (κ1) is 13.3. The van der Waals surface area contributed by atoms with Crippen LogP contribution in [0.1, 0.15) is 30.1 Å². The van der Waals surface area contributed by atoms with Crippen LogP contribution in [0.5, 0.6) is 0 Å². The number of carbonyl (C=O) groups is 1. The molecule has 2 fully saturated rings. The Kier molecular flexibility index (Phi) is 3.43. The second kappa shape index (κ2) is 5.43. The van der Waals surface area contributed by atoms with Gasteiger partial charge in [-0.3, -0.25) is 4.79 Å². The maximum atomic E-state index is 12.9. The van der Waals surface area contributed by atoms with Gasteiger partial charge in [0.15, 0.2) is 6.10 Å². The summed E-state index contributed by atoms with van der Waals surface area (Å²) in [6.07, 6.45) is 2.79. The molecule has 4 nitrogen and oxygen atoms in total. The standard InChI is InChI=1S/C17H22N2O2/c20-17(19-9-6-15-13(11-19)5-8-18-15)16-14-4-2-1-3-12(14)7-10-21-16/h1-4,13,15-16,18H,5-11H2. The fourth-order valence-electron chi connectivity index (χ4n) is 4.01. The molecule has 3 atom stereocenters. The van der Waals surface area contributed by atoms with Crippen molar-refractivity contribution in [3.8, 4) is 0 Å². The first-order valence-corrected chi connectivity index (χ1v) is 8.04. The third-order valence-electron chi connectivity index (χ3n) is 5.19. The smallest absolute Gasteiger partial charge is 0.256 e. The highest BCUT2D eigenvalue weighted by molar-refractivity contribution is 5.83. The lowest BCUT2D eigenvalue weighted by atomic mass is 9.91. The molecule has 2 saturated heterocycles. The number of benzene rings is 1. The van der Waals surface area contributed by atoms with Gasteiger partial charge in [0.25, 0.3) is 5.91 Å². The Morgan fingerprint density at radius 1 is 1.29 bits per heavy atom. The molecule has 3 aliphatic rings. The summed E-state index contributed by atoms with van der Waals surface area (Å²) in [4.78, 5) is 14.9. The number of hydrogen-bond donors (Lipinski definition) is 1. The van der Waals surface area contributed by atoms with E-state index in [1.54, 1.807) is 0 Å². The van der Waals surface area contributed by atoms with E-state index in [-0.39, 0.29) is 12.0 Å². The van der Waals surface area contributed by atoms with Crippen molar-refractivity contribution in [3.05, 3.63) is 35.4 Å². The zero-order chi connectivity index (χ0) is 14.2. The van der Waals surface area contributed by atoms with Gasteiger partial charge in [0.2, 0.25) is 0 Å². The average Bonchev–Trinajstić information content (AvgIpc) is 3.01. The third kappa shape index (κ3) is 2.36. The Morgan fingerprint density at radius 2 is 2.19 bits per heavy atom. The van der Waals surface area contributed by atoms with E-state index in [1.165, 1.54) is 12.0 Å². The van der Waals surface area contributed by atoms with Crippen molar-refractivity contribution in [2.45, 2.75) is 31.4 Å². The van der Waals surface area contributed by atoms with Crippen LogP contribution in [0.4, 0.5) is 0 Å². The fraction of sp³-hybridized carbons (Fsp3) is 0.588. The number of fused-ring (bicyclic) bond motifs is 2. The van der Waals surface area contributed by atoms with E-state index >= 15 is 0 Å². The molecule has 1 aromatic rings. The van der Waals surface area contributed by atoms with Crippen molar-refractivity contribution in [1.82, 2.24) is 10.2 Å². The molecule has 3 aliphatic heterocycles. The number of piperidine rings is 1. The SMILES string of the molecule is O=C(C1OCCc2ccccc21)N1CCC2NCCC2C1. The van der Waals surface area contributed by atoms with Gasteiger partial charge in [0.05, 0.1) is 6.61 Å². The molecule has 0 aromatic heterocycles. The first-order chi connectivity index (χ1) is 10.3. The molecule has 1 N–H and O–H groups in total. The molecule has 0 radical (unpaired) electrons. The molecular formula is C17H22N2O2. The van der Waals surface area contributed by atoms with Crippen LogP contribution in [0.25, 0.3) is 0 Å². The number of nitrogens with one attached hydrogen (secondary N) is 1. The van der Waals surface area contributed by atoms with Crippen molar-refractivity contribution >= 4 is 5.91 Å². The van der Waals surface area contributed by atoms with Gasteiger partial charge in [-0.1, -0.05) is 24.3 Å². The van der Waals surface area contributed by atoms with E-state index in [0.29, 0.717) is 18.6 Å². The van der Waals surface area contributed by atoms with Gasteiger partial charge in [-0.25, -0.2) is 0 Å². The van der Waals surface area contributed by atoms with Gasteiger partial charge < -0.3 is 15.0 Å². The maximum absolute atomic E-state index is 12.9. The summed E-state index contributed by atoms with van der Waals surface area (Å²) >= 11 is 0. The number of nitrogens with zero attached hydrogens (tertiary/aromatic N) is 1. The van der Waals surface area contributed by atoms with Crippen LogP contribution in [-0.4, -0.2) is 43.1 Å². The molecular weight excluding hydrogens is 264 g/mol. The zero-order valence-electron chi connectivity index (χ0n) is 12.3. The molecule has 0 saturated carbocycles. The van der Waals surface area contributed by atoms with Crippen LogP contribution >= 0.6 is 0 Å². The summed E-state index contributed by atoms with van der Waals surface area (Å²) < 4.78 is 5.82. The molecule has 4 heteroatoms. The highest BCUT2D eigenvalue weighted by atomic mass is 16.5. The monoisotopic (exact) mass is 286 g/mol. The number of ether oxygens (including phenoxy) is 1. The van der Waals surface area contributed by atoms with Crippen LogP contribution in [0, 0.1) is 5.92 Å². The number of carbonyl (C=O) groups excluding carboxylic acids is 1. The summed E-state index contributed by atoms with van der Waals surface area (Å²) in [5, 5.41) is 3.54. The quantitative estimate of drug-likeness (QED) is 0.851. The van der Waals surface area contributed by atoms with Crippen molar-refractivity contribution in [2.24, 2.45) is 5.92 Å². The van der Waals surface area contributed by atoms with Crippen molar-refractivity contribution in [3.63, 3.8) is 0 Å². The summed E-state index contributed by atoms with van der Waals surface area (Å²) in [6, 6.07) is 8.82. The van der Waals surface area contributed by atoms with Gasteiger partial charge in [0.1, 0.15) is 0 Å². The average molecular weight is 286 g/mol. The minimum Gasteiger partial charge on any atom is -0.363 e. The Hall–Kier alpha value is -1.39.